The maximum Gasteiger partial charge on any atom is 0.407 e. The second kappa shape index (κ2) is 7.95. The lowest BCUT2D eigenvalue weighted by Gasteiger charge is -2.31. The number of benzene rings is 1. The Bertz CT molecular complexity index is 503. The van der Waals surface area contributed by atoms with Crippen LogP contribution < -0.4 is 10.6 Å². The average molecular weight is 337 g/mol. The molecule has 0 bridgehead atoms. The van der Waals surface area contributed by atoms with Crippen LogP contribution in [0.3, 0.4) is 0 Å². The van der Waals surface area contributed by atoms with Crippen molar-refractivity contribution >= 4 is 23.5 Å². The van der Waals surface area contributed by atoms with Crippen molar-refractivity contribution in [3.63, 3.8) is 0 Å². The van der Waals surface area contributed by atoms with E-state index in [0.717, 1.165) is 25.7 Å². The van der Waals surface area contributed by atoms with Crippen molar-refractivity contribution in [1.29, 1.82) is 0 Å². The standard InChI is InChI=1S/C18H28N2O2S/c1-18(2,3)22-17(21)20-15-7-5-13(6-8-15)19-14-9-11-16(23-4)12-10-14/h9-13,15,19H,5-8H2,1-4H3,(H,20,21). The zero-order chi connectivity index (χ0) is 16.9. The fraction of sp³-hybridized carbons (Fsp3) is 0.611. The molecule has 4 nitrogen and oxygen atoms in total. The van der Waals surface area contributed by atoms with Crippen molar-refractivity contribution in [3.05, 3.63) is 24.3 Å². The van der Waals surface area contributed by atoms with E-state index < -0.39 is 5.60 Å². The van der Waals surface area contributed by atoms with Gasteiger partial charge in [0.1, 0.15) is 5.60 Å². The molecule has 128 valence electrons. The summed E-state index contributed by atoms with van der Waals surface area (Å²) in [5, 5.41) is 6.57. The minimum Gasteiger partial charge on any atom is -0.444 e. The number of nitrogens with one attached hydrogen (secondary N) is 2. The lowest BCUT2D eigenvalue weighted by molar-refractivity contribution is 0.0492. The minimum atomic E-state index is -0.439. The summed E-state index contributed by atoms with van der Waals surface area (Å²) in [7, 11) is 0. The Morgan fingerprint density at radius 3 is 2.17 bits per heavy atom. The number of carbonyl (C=O) groups excluding carboxylic acids is 1. The highest BCUT2D eigenvalue weighted by atomic mass is 32.2. The van der Waals surface area contributed by atoms with Gasteiger partial charge in [0.25, 0.3) is 0 Å². The Morgan fingerprint density at radius 2 is 1.65 bits per heavy atom. The first-order valence-electron chi connectivity index (χ1n) is 8.26. The molecule has 0 unspecified atom stereocenters. The molecule has 1 amide bonds. The number of carbonyl (C=O) groups is 1. The average Bonchev–Trinajstić information content (AvgIpc) is 2.48. The van der Waals surface area contributed by atoms with Crippen molar-refractivity contribution < 1.29 is 9.53 Å². The maximum atomic E-state index is 11.8. The zero-order valence-electron chi connectivity index (χ0n) is 14.5. The van der Waals surface area contributed by atoms with E-state index in [1.165, 1.54) is 10.6 Å². The van der Waals surface area contributed by atoms with Crippen LogP contribution in [0, 0.1) is 0 Å². The van der Waals surface area contributed by atoms with Crippen molar-refractivity contribution in [2.45, 2.75) is 69.0 Å². The summed E-state index contributed by atoms with van der Waals surface area (Å²) in [6.07, 6.45) is 5.87. The molecule has 0 aromatic heterocycles. The zero-order valence-corrected chi connectivity index (χ0v) is 15.3. The first-order chi connectivity index (χ1) is 10.9. The van der Waals surface area contributed by atoms with Gasteiger partial charge in [0.15, 0.2) is 0 Å². The second-order valence-corrected chi connectivity index (χ2v) is 7.95. The normalized spacial score (nSPS) is 21.6. The molecule has 0 saturated heterocycles. The van der Waals surface area contributed by atoms with Gasteiger partial charge >= 0.3 is 6.09 Å². The van der Waals surface area contributed by atoms with Crippen LogP contribution in [0.15, 0.2) is 29.2 Å². The molecule has 2 N–H and O–H groups in total. The van der Waals surface area contributed by atoms with Crippen LogP contribution in [0.2, 0.25) is 0 Å². The molecule has 0 spiro atoms. The summed E-state index contributed by atoms with van der Waals surface area (Å²) in [6.45, 7) is 5.65. The molecule has 1 aliphatic rings. The summed E-state index contributed by atoms with van der Waals surface area (Å²) in [4.78, 5) is 13.1. The van der Waals surface area contributed by atoms with Crippen LogP contribution in [-0.4, -0.2) is 30.0 Å². The smallest absolute Gasteiger partial charge is 0.407 e. The van der Waals surface area contributed by atoms with Crippen molar-refractivity contribution in [2.24, 2.45) is 0 Å². The fourth-order valence-electron chi connectivity index (χ4n) is 2.78. The lowest BCUT2D eigenvalue weighted by Crippen LogP contribution is -2.42. The Kier molecular flexibility index (Phi) is 6.22. The van der Waals surface area contributed by atoms with Crippen molar-refractivity contribution in [1.82, 2.24) is 5.32 Å². The summed E-state index contributed by atoms with van der Waals surface area (Å²) in [5.74, 6) is 0. The molecule has 0 radical (unpaired) electrons. The molecule has 1 aliphatic carbocycles. The molecule has 2 rings (SSSR count). The number of amides is 1. The van der Waals surface area contributed by atoms with Gasteiger partial charge in [-0.3, -0.25) is 0 Å². The monoisotopic (exact) mass is 336 g/mol. The Hall–Kier alpha value is -1.36. The van der Waals surface area contributed by atoms with E-state index in [2.05, 4.69) is 41.2 Å². The van der Waals surface area contributed by atoms with E-state index >= 15 is 0 Å². The molecule has 0 atom stereocenters. The Balaban J connectivity index is 1.74. The third-order valence-corrected chi connectivity index (χ3v) is 4.65. The van der Waals surface area contributed by atoms with E-state index in [0.29, 0.717) is 6.04 Å². The number of anilines is 1. The van der Waals surface area contributed by atoms with E-state index in [9.17, 15) is 4.79 Å². The highest BCUT2D eigenvalue weighted by Gasteiger charge is 2.24. The van der Waals surface area contributed by atoms with Crippen molar-refractivity contribution in [3.8, 4) is 0 Å². The summed E-state index contributed by atoms with van der Waals surface area (Å²) < 4.78 is 5.32. The molecule has 0 heterocycles. The summed E-state index contributed by atoms with van der Waals surface area (Å²) in [5.41, 5.74) is 0.734. The van der Waals surface area contributed by atoms with Gasteiger partial charge in [-0.2, -0.15) is 0 Å². The fourth-order valence-corrected chi connectivity index (χ4v) is 3.19. The van der Waals surface area contributed by atoms with E-state index in [-0.39, 0.29) is 12.1 Å². The Labute approximate surface area is 143 Å². The second-order valence-electron chi connectivity index (χ2n) is 7.07. The molecule has 1 saturated carbocycles. The summed E-state index contributed by atoms with van der Waals surface area (Å²) >= 11 is 1.75. The first-order valence-corrected chi connectivity index (χ1v) is 9.48. The molecule has 0 aliphatic heterocycles. The van der Waals surface area contributed by atoms with Gasteiger partial charge in [-0.1, -0.05) is 0 Å². The van der Waals surface area contributed by atoms with Crippen LogP contribution >= 0.6 is 11.8 Å². The number of hydrogen-bond acceptors (Lipinski definition) is 4. The lowest BCUT2D eigenvalue weighted by atomic mass is 9.91. The third-order valence-electron chi connectivity index (χ3n) is 3.91. The topological polar surface area (TPSA) is 50.4 Å². The quantitative estimate of drug-likeness (QED) is 0.785. The minimum absolute atomic E-state index is 0.224. The van der Waals surface area contributed by atoms with E-state index in [1.54, 1.807) is 11.8 Å². The van der Waals surface area contributed by atoms with Crippen LogP contribution in [0.5, 0.6) is 0 Å². The van der Waals surface area contributed by atoms with Crippen molar-refractivity contribution in [2.75, 3.05) is 11.6 Å². The van der Waals surface area contributed by atoms with Crippen LogP contribution in [0.1, 0.15) is 46.5 Å². The van der Waals surface area contributed by atoms with Gasteiger partial charge in [0, 0.05) is 22.7 Å². The van der Waals surface area contributed by atoms with Gasteiger partial charge in [-0.15, -0.1) is 11.8 Å². The predicted molar refractivity (Wildman–Crippen MR) is 97.3 cm³/mol. The molecule has 23 heavy (non-hydrogen) atoms. The van der Waals surface area contributed by atoms with Gasteiger partial charge in [0.2, 0.25) is 0 Å². The van der Waals surface area contributed by atoms with Crippen LogP contribution in [0.25, 0.3) is 0 Å². The number of hydrogen-bond donors (Lipinski definition) is 2. The van der Waals surface area contributed by atoms with E-state index in [4.69, 9.17) is 4.74 Å². The molecule has 1 aromatic carbocycles. The van der Waals surface area contributed by atoms with Gasteiger partial charge in [0.05, 0.1) is 0 Å². The molecular formula is C18H28N2O2S. The predicted octanol–water partition coefficient (Wildman–Crippen LogP) is 4.66. The third kappa shape index (κ3) is 6.34. The molecular weight excluding hydrogens is 308 g/mol. The summed E-state index contributed by atoms with van der Waals surface area (Å²) in [6, 6.07) is 9.26. The number of ether oxygens (including phenoxy) is 1. The largest absolute Gasteiger partial charge is 0.444 e. The first kappa shape index (κ1) is 18.0. The van der Waals surface area contributed by atoms with Gasteiger partial charge < -0.3 is 15.4 Å². The number of rotatable bonds is 4. The number of alkyl carbamates (subject to hydrolysis) is 1. The van der Waals surface area contributed by atoms with Gasteiger partial charge in [-0.05, 0) is 77.0 Å². The van der Waals surface area contributed by atoms with Crippen LogP contribution in [0.4, 0.5) is 10.5 Å². The SMILES string of the molecule is CSc1ccc(NC2CCC(NC(=O)OC(C)(C)C)CC2)cc1. The highest BCUT2D eigenvalue weighted by Crippen LogP contribution is 2.24. The molecule has 1 fully saturated rings. The molecule has 5 heteroatoms. The van der Waals surface area contributed by atoms with Crippen LogP contribution in [-0.2, 0) is 4.74 Å². The maximum absolute atomic E-state index is 11.8. The number of thioether (sulfide) groups is 1. The van der Waals surface area contributed by atoms with Gasteiger partial charge in [-0.25, -0.2) is 4.79 Å². The van der Waals surface area contributed by atoms with E-state index in [1.807, 2.05) is 20.8 Å². The Morgan fingerprint density at radius 1 is 1.09 bits per heavy atom. The molecule has 1 aromatic rings. The highest BCUT2D eigenvalue weighted by molar-refractivity contribution is 7.98.